The Morgan fingerprint density at radius 1 is 0.636 bits per heavy atom. The normalized spacial score (nSPS) is 10.5. The predicted octanol–water partition coefficient (Wildman–Crippen LogP) is 6.14. The Bertz CT molecular complexity index is 806. The van der Waals surface area contributed by atoms with Crippen LogP contribution in [0.5, 0.6) is 0 Å². The van der Waals surface area contributed by atoms with E-state index in [4.69, 9.17) is 23.2 Å². The van der Waals surface area contributed by atoms with Crippen molar-refractivity contribution in [2.45, 2.75) is 0 Å². The van der Waals surface area contributed by atoms with Gasteiger partial charge in [-0.3, -0.25) is 4.79 Å². The maximum Gasteiger partial charge on any atom is 0.150 e. The summed E-state index contributed by atoms with van der Waals surface area (Å²) in [6.45, 7) is 0. The van der Waals surface area contributed by atoms with Crippen molar-refractivity contribution in [1.82, 2.24) is 0 Å². The molecular weight excluding hydrogens is 315 g/mol. The van der Waals surface area contributed by atoms with Crippen LogP contribution < -0.4 is 0 Å². The quantitative estimate of drug-likeness (QED) is 0.528. The predicted molar refractivity (Wildman–Crippen MR) is 92.7 cm³/mol. The number of aldehydes is 1. The molecule has 1 nitrogen and oxygen atoms in total. The van der Waals surface area contributed by atoms with E-state index in [-0.39, 0.29) is 0 Å². The van der Waals surface area contributed by atoms with Crippen LogP contribution in [0, 0.1) is 0 Å². The van der Waals surface area contributed by atoms with Gasteiger partial charge < -0.3 is 0 Å². The Labute approximate surface area is 139 Å². The minimum absolute atomic E-state index is 0.641. The number of rotatable bonds is 3. The minimum atomic E-state index is 0.641. The van der Waals surface area contributed by atoms with Gasteiger partial charge in [-0.25, -0.2) is 0 Å². The van der Waals surface area contributed by atoms with E-state index in [1.807, 2.05) is 66.7 Å². The van der Waals surface area contributed by atoms with Crippen molar-refractivity contribution in [3.8, 4) is 22.3 Å². The lowest BCUT2D eigenvalue weighted by Gasteiger charge is -2.11. The van der Waals surface area contributed by atoms with Gasteiger partial charge in [0, 0.05) is 15.6 Å². The Kier molecular flexibility index (Phi) is 4.28. The molecule has 0 atom stereocenters. The Hall–Kier alpha value is -2.09. The summed E-state index contributed by atoms with van der Waals surface area (Å²) < 4.78 is 0. The van der Waals surface area contributed by atoms with Gasteiger partial charge in [0.25, 0.3) is 0 Å². The van der Waals surface area contributed by atoms with Gasteiger partial charge in [-0.15, -0.1) is 0 Å². The van der Waals surface area contributed by atoms with Gasteiger partial charge in [-0.2, -0.15) is 0 Å². The first-order valence-electron chi connectivity index (χ1n) is 6.78. The lowest BCUT2D eigenvalue weighted by molar-refractivity contribution is 0.112. The third kappa shape index (κ3) is 3.06. The summed E-state index contributed by atoms with van der Waals surface area (Å²) in [6, 6.07) is 20.9. The monoisotopic (exact) mass is 326 g/mol. The molecule has 3 aromatic rings. The molecule has 3 rings (SSSR count). The largest absolute Gasteiger partial charge is 0.298 e. The molecule has 0 amide bonds. The Balaban J connectivity index is 2.19. The SMILES string of the molecule is O=Cc1ccc(-c2ccc(Cl)cc2)c(-c2ccc(Cl)cc2)c1. The highest BCUT2D eigenvalue weighted by molar-refractivity contribution is 6.31. The zero-order valence-corrected chi connectivity index (χ0v) is 13.1. The highest BCUT2D eigenvalue weighted by Gasteiger charge is 2.09. The van der Waals surface area contributed by atoms with E-state index >= 15 is 0 Å². The average molecular weight is 327 g/mol. The molecule has 0 aliphatic heterocycles. The second kappa shape index (κ2) is 6.35. The van der Waals surface area contributed by atoms with Crippen LogP contribution in [0.4, 0.5) is 0 Å². The summed E-state index contributed by atoms with van der Waals surface area (Å²) in [6.07, 6.45) is 0.852. The molecule has 0 aromatic heterocycles. The lowest BCUT2D eigenvalue weighted by Crippen LogP contribution is -1.88. The van der Waals surface area contributed by atoms with E-state index in [0.717, 1.165) is 28.5 Å². The molecule has 0 saturated carbocycles. The van der Waals surface area contributed by atoms with E-state index in [1.165, 1.54) is 0 Å². The van der Waals surface area contributed by atoms with Crippen molar-refractivity contribution in [2.24, 2.45) is 0 Å². The topological polar surface area (TPSA) is 17.1 Å². The number of hydrogen-bond acceptors (Lipinski definition) is 1. The molecule has 22 heavy (non-hydrogen) atoms. The molecule has 3 heteroatoms. The van der Waals surface area contributed by atoms with Gasteiger partial charge in [-0.05, 0) is 52.6 Å². The second-order valence-corrected chi connectivity index (χ2v) is 5.81. The standard InChI is InChI=1S/C19H12Cl2O/c20-16-6-2-14(3-7-16)18-10-1-13(12-22)11-19(18)15-4-8-17(21)9-5-15/h1-12H. The fourth-order valence-corrected chi connectivity index (χ4v) is 2.64. The molecule has 0 unspecified atom stereocenters. The average Bonchev–Trinajstić information content (AvgIpc) is 2.56. The molecule has 0 heterocycles. The van der Waals surface area contributed by atoms with Crippen molar-refractivity contribution < 1.29 is 4.79 Å². The fourth-order valence-electron chi connectivity index (χ4n) is 2.38. The van der Waals surface area contributed by atoms with Gasteiger partial charge >= 0.3 is 0 Å². The third-order valence-corrected chi connectivity index (χ3v) is 3.99. The van der Waals surface area contributed by atoms with E-state index < -0.39 is 0 Å². The van der Waals surface area contributed by atoms with Crippen LogP contribution in [-0.4, -0.2) is 6.29 Å². The van der Waals surface area contributed by atoms with Gasteiger partial charge in [0.2, 0.25) is 0 Å². The molecule has 0 spiro atoms. The van der Waals surface area contributed by atoms with Gasteiger partial charge in [0.15, 0.2) is 0 Å². The number of halogens is 2. The van der Waals surface area contributed by atoms with Crippen LogP contribution in [0.15, 0.2) is 66.7 Å². The molecule has 0 bridgehead atoms. The van der Waals surface area contributed by atoms with Crippen LogP contribution >= 0.6 is 23.2 Å². The summed E-state index contributed by atoms with van der Waals surface area (Å²) in [5.74, 6) is 0. The Morgan fingerprint density at radius 3 is 1.64 bits per heavy atom. The maximum absolute atomic E-state index is 11.1. The highest BCUT2D eigenvalue weighted by Crippen LogP contribution is 2.33. The van der Waals surface area contributed by atoms with Crippen molar-refractivity contribution >= 4 is 29.5 Å². The van der Waals surface area contributed by atoms with E-state index in [2.05, 4.69) is 0 Å². The number of carbonyl (C=O) groups excluding carboxylic acids is 1. The van der Waals surface area contributed by atoms with E-state index in [9.17, 15) is 4.79 Å². The molecule has 0 aliphatic carbocycles. The van der Waals surface area contributed by atoms with Gasteiger partial charge in [0.1, 0.15) is 6.29 Å². The summed E-state index contributed by atoms with van der Waals surface area (Å²) >= 11 is 11.9. The first-order chi connectivity index (χ1) is 10.7. The summed E-state index contributed by atoms with van der Waals surface area (Å²) in [4.78, 5) is 11.1. The molecule has 0 saturated heterocycles. The van der Waals surface area contributed by atoms with Crippen LogP contribution in [0.1, 0.15) is 10.4 Å². The molecular formula is C19H12Cl2O. The fraction of sp³-hybridized carbons (Fsp3) is 0. The first kappa shape index (κ1) is 14.8. The zero-order chi connectivity index (χ0) is 15.5. The minimum Gasteiger partial charge on any atom is -0.298 e. The van der Waals surface area contributed by atoms with Crippen LogP contribution in [0.2, 0.25) is 10.0 Å². The highest BCUT2D eigenvalue weighted by atomic mass is 35.5. The number of hydrogen-bond donors (Lipinski definition) is 0. The smallest absolute Gasteiger partial charge is 0.150 e. The summed E-state index contributed by atoms with van der Waals surface area (Å²) in [5.41, 5.74) is 4.74. The van der Waals surface area contributed by atoms with Gasteiger partial charge in [0.05, 0.1) is 0 Å². The van der Waals surface area contributed by atoms with Crippen LogP contribution in [-0.2, 0) is 0 Å². The lowest BCUT2D eigenvalue weighted by atomic mass is 9.93. The molecule has 0 fully saturated rings. The van der Waals surface area contributed by atoms with Gasteiger partial charge in [-0.1, -0.05) is 59.6 Å². The van der Waals surface area contributed by atoms with Crippen LogP contribution in [0.3, 0.4) is 0 Å². The molecule has 0 aliphatic rings. The zero-order valence-electron chi connectivity index (χ0n) is 11.6. The van der Waals surface area contributed by atoms with Crippen molar-refractivity contribution in [1.29, 1.82) is 0 Å². The molecule has 108 valence electrons. The number of benzene rings is 3. The molecule has 0 N–H and O–H groups in total. The second-order valence-electron chi connectivity index (χ2n) is 4.94. The van der Waals surface area contributed by atoms with Crippen LogP contribution in [0.25, 0.3) is 22.3 Å². The summed E-state index contributed by atoms with van der Waals surface area (Å²) in [7, 11) is 0. The van der Waals surface area contributed by atoms with E-state index in [1.54, 1.807) is 0 Å². The molecule has 3 aromatic carbocycles. The number of carbonyl (C=O) groups is 1. The van der Waals surface area contributed by atoms with Crippen molar-refractivity contribution in [3.63, 3.8) is 0 Å². The van der Waals surface area contributed by atoms with Crippen molar-refractivity contribution in [2.75, 3.05) is 0 Å². The van der Waals surface area contributed by atoms with Crippen molar-refractivity contribution in [3.05, 3.63) is 82.3 Å². The molecule has 0 radical (unpaired) electrons. The van der Waals surface area contributed by atoms with E-state index in [0.29, 0.717) is 15.6 Å². The first-order valence-corrected chi connectivity index (χ1v) is 7.54. The summed E-state index contributed by atoms with van der Waals surface area (Å²) in [5, 5.41) is 1.38. The maximum atomic E-state index is 11.1. The Morgan fingerprint density at radius 2 is 1.14 bits per heavy atom. The third-order valence-electron chi connectivity index (χ3n) is 3.49.